The van der Waals surface area contributed by atoms with E-state index in [1.807, 2.05) is 97.1 Å². The van der Waals surface area contributed by atoms with Gasteiger partial charge in [0.1, 0.15) is 28.7 Å². The van der Waals surface area contributed by atoms with E-state index in [4.69, 9.17) is 23.7 Å². The lowest BCUT2D eigenvalue weighted by atomic mass is 9.98. The lowest BCUT2D eigenvalue weighted by Crippen LogP contribution is -2.22. The third-order valence-electron chi connectivity index (χ3n) is 12.6. The number of esters is 2. The fraction of sp³-hybridized carbons (Fsp3) is 0.458. The molecule has 2 aliphatic heterocycles. The second-order valence-electron chi connectivity index (χ2n) is 18.0. The number of unbranched alkanes of at least 4 members (excludes halogenated alkanes) is 9. The van der Waals surface area contributed by atoms with Gasteiger partial charge in [-0.1, -0.05) is 135 Å². The molecule has 0 saturated carbocycles. The molecule has 0 aliphatic carbocycles. The van der Waals surface area contributed by atoms with Crippen LogP contribution < -0.4 is 23.7 Å². The number of ether oxygens (including phenoxy) is 5. The number of benzene rings is 5. The lowest BCUT2D eigenvalue weighted by molar-refractivity contribution is 0.0724. The van der Waals surface area contributed by atoms with Gasteiger partial charge >= 0.3 is 11.9 Å². The quantitative estimate of drug-likeness (QED) is 0.0367. The zero-order chi connectivity index (χ0) is 46.4. The molecule has 2 unspecified atom stereocenters. The van der Waals surface area contributed by atoms with Crippen LogP contribution in [0.5, 0.6) is 28.7 Å². The topological polar surface area (TPSA) is 80.3 Å². The van der Waals surface area contributed by atoms with Crippen molar-refractivity contribution in [1.82, 2.24) is 0 Å². The summed E-state index contributed by atoms with van der Waals surface area (Å²) >= 11 is 0. The molecule has 7 heteroatoms. The zero-order valence-corrected chi connectivity index (χ0v) is 40.3. The second-order valence-corrected chi connectivity index (χ2v) is 18.0. The average molecular weight is 895 g/mol. The van der Waals surface area contributed by atoms with Crippen molar-refractivity contribution in [3.05, 3.63) is 137 Å². The number of carbonyl (C=O) groups is 2. The van der Waals surface area contributed by atoms with E-state index in [2.05, 4.69) is 39.8 Å². The van der Waals surface area contributed by atoms with E-state index in [0.717, 1.165) is 104 Å². The molecular formula is C59H74O7. The van der Waals surface area contributed by atoms with Crippen molar-refractivity contribution in [3.63, 3.8) is 0 Å². The van der Waals surface area contributed by atoms with Crippen molar-refractivity contribution in [2.75, 3.05) is 6.61 Å². The zero-order valence-electron chi connectivity index (χ0n) is 40.3. The van der Waals surface area contributed by atoms with Crippen LogP contribution in [0.25, 0.3) is 11.1 Å². The molecule has 7 nitrogen and oxygen atoms in total. The molecule has 5 aromatic rings. The van der Waals surface area contributed by atoms with Crippen LogP contribution in [0.3, 0.4) is 0 Å². The Morgan fingerprint density at radius 3 is 1.47 bits per heavy atom. The molecule has 0 amide bonds. The number of carbonyl (C=O) groups excluding carboxylic acids is 2. The van der Waals surface area contributed by atoms with Gasteiger partial charge in [-0.15, -0.1) is 0 Å². The predicted molar refractivity (Wildman–Crippen MR) is 268 cm³/mol. The Kier molecular flexibility index (Phi) is 20.5. The molecule has 2 aliphatic rings. The van der Waals surface area contributed by atoms with Gasteiger partial charge in [-0.3, -0.25) is 0 Å². The normalized spacial score (nSPS) is 14.9. The maximum atomic E-state index is 12.8. The van der Waals surface area contributed by atoms with Gasteiger partial charge in [0, 0.05) is 0 Å². The Morgan fingerprint density at radius 2 is 0.939 bits per heavy atom. The Balaban J connectivity index is 0.000000239. The molecular weight excluding hydrogens is 821 g/mol. The number of rotatable bonds is 23. The van der Waals surface area contributed by atoms with Gasteiger partial charge in [0.05, 0.1) is 29.9 Å². The van der Waals surface area contributed by atoms with Crippen LogP contribution >= 0.6 is 0 Å². The van der Waals surface area contributed by atoms with Crippen molar-refractivity contribution in [2.45, 2.75) is 168 Å². The van der Waals surface area contributed by atoms with Gasteiger partial charge in [0.25, 0.3) is 0 Å². The summed E-state index contributed by atoms with van der Waals surface area (Å²) < 4.78 is 29.5. The van der Waals surface area contributed by atoms with Gasteiger partial charge < -0.3 is 23.7 Å². The highest BCUT2D eigenvalue weighted by Gasteiger charge is 2.22. The maximum absolute atomic E-state index is 12.8. The molecule has 0 N–H and O–H groups in total. The van der Waals surface area contributed by atoms with Crippen molar-refractivity contribution >= 4 is 11.9 Å². The number of aryl methyl sites for hydroxylation is 3. The first-order valence-corrected chi connectivity index (χ1v) is 25.3. The molecule has 0 aromatic heterocycles. The second kappa shape index (κ2) is 27.2. The molecule has 66 heavy (non-hydrogen) atoms. The van der Waals surface area contributed by atoms with E-state index in [1.165, 1.54) is 76.2 Å². The summed E-state index contributed by atoms with van der Waals surface area (Å²) in [6.45, 7) is 9.59. The minimum absolute atomic E-state index is 0.296. The summed E-state index contributed by atoms with van der Waals surface area (Å²) in [5.74, 6) is 3.24. The summed E-state index contributed by atoms with van der Waals surface area (Å²) in [5, 5.41) is 0. The summed E-state index contributed by atoms with van der Waals surface area (Å²) in [5.41, 5.74) is 6.74. The van der Waals surface area contributed by atoms with Crippen LogP contribution in [0, 0.1) is 0 Å². The molecule has 0 saturated heterocycles. The smallest absolute Gasteiger partial charge is 0.343 e. The fourth-order valence-electron chi connectivity index (χ4n) is 8.65. The van der Waals surface area contributed by atoms with Crippen molar-refractivity contribution in [2.24, 2.45) is 0 Å². The highest BCUT2D eigenvalue weighted by Crippen LogP contribution is 2.34. The largest absolute Gasteiger partial charge is 0.494 e. The molecule has 0 radical (unpaired) electrons. The maximum Gasteiger partial charge on any atom is 0.343 e. The predicted octanol–water partition coefficient (Wildman–Crippen LogP) is 15.7. The first-order chi connectivity index (χ1) is 32.3. The van der Waals surface area contributed by atoms with Crippen LogP contribution in [0.4, 0.5) is 0 Å². The van der Waals surface area contributed by atoms with Crippen LogP contribution in [0.15, 0.2) is 109 Å². The first kappa shape index (κ1) is 49.9. The van der Waals surface area contributed by atoms with Gasteiger partial charge in [-0.2, -0.15) is 0 Å². The monoisotopic (exact) mass is 895 g/mol. The first-order valence-electron chi connectivity index (χ1n) is 25.3. The molecule has 0 fully saturated rings. The Bertz CT molecular complexity index is 2210. The standard InChI is InChI=1S/C36H46O4.C23H28O3/c1-3-5-7-9-10-12-26-38-32-21-18-29(19-22-32)28-14-16-30(17-15-28)36(37)40-34-24-25-35-31(27-34)20-23-33(39-35)13-11-8-6-4-2;1-3-5-7-20-13-12-19-16-21(14-15-22(19)25-20)26-23(24)18-10-8-17(6-4-2)9-11-18/h14-19,21-22,24-25,27,33H,3-13,20,23,26H2,1-2H3;8-11,14-16,20H,3-7,12-13H2,1-2H3. The molecule has 2 heterocycles. The number of hydrogen-bond acceptors (Lipinski definition) is 7. The fourth-order valence-corrected chi connectivity index (χ4v) is 8.65. The summed E-state index contributed by atoms with van der Waals surface area (Å²) in [6.07, 6.45) is 23.9. The third-order valence-corrected chi connectivity index (χ3v) is 12.6. The van der Waals surface area contributed by atoms with E-state index in [-0.39, 0.29) is 11.9 Å². The minimum Gasteiger partial charge on any atom is -0.494 e. The molecule has 5 aromatic carbocycles. The highest BCUT2D eigenvalue weighted by molar-refractivity contribution is 5.92. The van der Waals surface area contributed by atoms with Gasteiger partial charge in [-0.25, -0.2) is 9.59 Å². The summed E-state index contributed by atoms with van der Waals surface area (Å²) in [7, 11) is 0. The lowest BCUT2D eigenvalue weighted by Gasteiger charge is -2.26. The van der Waals surface area contributed by atoms with E-state index < -0.39 is 0 Å². The van der Waals surface area contributed by atoms with Crippen LogP contribution in [-0.2, 0) is 19.3 Å². The van der Waals surface area contributed by atoms with E-state index in [0.29, 0.717) is 34.8 Å². The molecule has 2 atom stereocenters. The van der Waals surface area contributed by atoms with E-state index >= 15 is 0 Å². The van der Waals surface area contributed by atoms with E-state index in [1.54, 1.807) is 0 Å². The number of fused-ring (bicyclic) bond motifs is 2. The SMILES string of the molecule is CCCCC1CCc2cc(OC(=O)c3ccc(CCC)cc3)ccc2O1.CCCCCCCCOc1ccc(-c2ccc(C(=O)Oc3ccc4c(c3)CCC(CCCCCC)O4)cc2)cc1. The number of hydrogen-bond donors (Lipinski definition) is 0. The Labute approximate surface area is 395 Å². The van der Waals surface area contributed by atoms with Crippen LogP contribution in [0.1, 0.15) is 174 Å². The molecule has 0 bridgehead atoms. The summed E-state index contributed by atoms with van der Waals surface area (Å²) in [4.78, 5) is 25.2. The average Bonchev–Trinajstić information content (AvgIpc) is 3.35. The van der Waals surface area contributed by atoms with E-state index in [9.17, 15) is 9.59 Å². The highest BCUT2D eigenvalue weighted by atomic mass is 16.5. The molecule has 352 valence electrons. The minimum atomic E-state index is -0.351. The van der Waals surface area contributed by atoms with Gasteiger partial charge in [0.15, 0.2) is 0 Å². The van der Waals surface area contributed by atoms with Crippen molar-refractivity contribution < 1.29 is 33.3 Å². The molecule has 0 spiro atoms. The van der Waals surface area contributed by atoms with Crippen molar-refractivity contribution in [3.8, 4) is 39.9 Å². The van der Waals surface area contributed by atoms with Gasteiger partial charge in [0.2, 0.25) is 0 Å². The van der Waals surface area contributed by atoms with Crippen molar-refractivity contribution in [1.29, 1.82) is 0 Å². The Hall–Kier alpha value is -5.56. The summed E-state index contributed by atoms with van der Waals surface area (Å²) in [6, 6.07) is 34.8. The van der Waals surface area contributed by atoms with Crippen LogP contribution in [-0.4, -0.2) is 30.8 Å². The van der Waals surface area contributed by atoms with Gasteiger partial charge in [-0.05, 0) is 158 Å². The van der Waals surface area contributed by atoms with Crippen LogP contribution in [0.2, 0.25) is 0 Å². The third kappa shape index (κ3) is 15.8. The Morgan fingerprint density at radius 1 is 0.485 bits per heavy atom. The molecule has 7 rings (SSSR count).